The number of rotatable bonds is 8. The average Bonchev–Trinajstić information content (AvgIpc) is 3.00. The first-order valence-electron chi connectivity index (χ1n) is 8.20. The lowest BCUT2D eigenvalue weighted by Gasteiger charge is -2.26. The summed E-state index contributed by atoms with van der Waals surface area (Å²) < 4.78 is 5.74. The average molecular weight is 293 g/mol. The molecule has 1 atom stereocenters. The van der Waals surface area contributed by atoms with Gasteiger partial charge >= 0.3 is 0 Å². The van der Waals surface area contributed by atoms with Crippen molar-refractivity contribution in [3.8, 4) is 0 Å². The highest BCUT2D eigenvalue weighted by molar-refractivity contribution is 5.13. The van der Waals surface area contributed by atoms with E-state index in [2.05, 4.69) is 49.1 Å². The Bertz CT molecular complexity index is 414. The van der Waals surface area contributed by atoms with E-state index in [1.165, 1.54) is 24.9 Å². The molecule has 4 heteroatoms. The van der Waals surface area contributed by atoms with E-state index >= 15 is 0 Å². The molecule has 1 aromatic heterocycles. The van der Waals surface area contributed by atoms with Crippen LogP contribution >= 0.6 is 0 Å². The Morgan fingerprint density at radius 1 is 1.43 bits per heavy atom. The van der Waals surface area contributed by atoms with E-state index in [0.717, 1.165) is 31.9 Å². The fraction of sp³-hybridized carbons (Fsp3) is 0.765. The van der Waals surface area contributed by atoms with Crippen molar-refractivity contribution < 1.29 is 4.42 Å². The number of likely N-dealkylation sites (N-methyl/N-ethyl adjacent to an activating group) is 1. The summed E-state index contributed by atoms with van der Waals surface area (Å²) in [5.74, 6) is 1.79. The lowest BCUT2D eigenvalue weighted by molar-refractivity contribution is 0.189. The molecule has 0 aliphatic carbocycles. The van der Waals surface area contributed by atoms with Crippen molar-refractivity contribution in [1.29, 1.82) is 0 Å². The van der Waals surface area contributed by atoms with Gasteiger partial charge in [0.05, 0.1) is 12.8 Å². The Morgan fingerprint density at radius 3 is 2.95 bits per heavy atom. The molecule has 1 N–H and O–H groups in total. The Morgan fingerprint density at radius 2 is 2.24 bits per heavy atom. The first-order chi connectivity index (χ1) is 10.0. The summed E-state index contributed by atoms with van der Waals surface area (Å²) in [6, 6.07) is 2.88. The van der Waals surface area contributed by atoms with Crippen molar-refractivity contribution in [3.63, 3.8) is 0 Å². The Kier molecular flexibility index (Phi) is 6.27. The number of hydrogen-bond acceptors (Lipinski definition) is 4. The summed E-state index contributed by atoms with van der Waals surface area (Å²) in [6.45, 7) is 9.70. The van der Waals surface area contributed by atoms with Crippen LogP contribution in [0.3, 0.4) is 0 Å². The van der Waals surface area contributed by atoms with Crippen LogP contribution in [-0.4, -0.2) is 49.6 Å². The van der Waals surface area contributed by atoms with Gasteiger partial charge in [0.15, 0.2) is 0 Å². The highest BCUT2D eigenvalue weighted by Gasteiger charge is 2.25. The summed E-state index contributed by atoms with van der Waals surface area (Å²) in [4.78, 5) is 4.84. The van der Waals surface area contributed by atoms with Crippen LogP contribution in [-0.2, 0) is 13.1 Å². The SMILES string of the molecule is CC(C)CNCc1coc(CN2CCCC2CN(C)C)c1. The molecule has 21 heavy (non-hydrogen) atoms. The fourth-order valence-electron chi connectivity index (χ4n) is 3.04. The predicted octanol–water partition coefficient (Wildman–Crippen LogP) is 2.55. The summed E-state index contributed by atoms with van der Waals surface area (Å²) in [7, 11) is 4.31. The third kappa shape index (κ3) is 5.46. The van der Waals surface area contributed by atoms with Gasteiger partial charge in [0.25, 0.3) is 0 Å². The quantitative estimate of drug-likeness (QED) is 0.798. The summed E-state index contributed by atoms with van der Waals surface area (Å²) >= 11 is 0. The van der Waals surface area contributed by atoms with Crippen LogP contribution < -0.4 is 5.32 Å². The van der Waals surface area contributed by atoms with Gasteiger partial charge in [0.1, 0.15) is 5.76 Å². The minimum Gasteiger partial charge on any atom is -0.468 e. The lowest BCUT2D eigenvalue weighted by Crippen LogP contribution is -2.36. The smallest absolute Gasteiger partial charge is 0.118 e. The molecule has 2 heterocycles. The number of hydrogen-bond donors (Lipinski definition) is 1. The monoisotopic (exact) mass is 293 g/mol. The third-order valence-electron chi connectivity index (χ3n) is 4.02. The van der Waals surface area contributed by atoms with E-state index in [-0.39, 0.29) is 0 Å². The maximum Gasteiger partial charge on any atom is 0.118 e. The van der Waals surface area contributed by atoms with Gasteiger partial charge in [-0.2, -0.15) is 0 Å². The Hall–Kier alpha value is -0.840. The second-order valence-electron chi connectivity index (χ2n) is 6.97. The number of nitrogens with zero attached hydrogens (tertiary/aromatic N) is 2. The summed E-state index contributed by atoms with van der Waals surface area (Å²) in [5.41, 5.74) is 1.26. The van der Waals surface area contributed by atoms with Crippen molar-refractivity contribution >= 4 is 0 Å². The third-order valence-corrected chi connectivity index (χ3v) is 4.02. The molecule has 2 rings (SSSR count). The molecular weight excluding hydrogens is 262 g/mol. The minimum atomic E-state index is 0.674. The van der Waals surface area contributed by atoms with Crippen molar-refractivity contribution in [2.24, 2.45) is 5.92 Å². The molecule has 0 radical (unpaired) electrons. The Labute approximate surface area is 129 Å². The first kappa shape index (κ1) is 16.5. The van der Waals surface area contributed by atoms with Crippen molar-refractivity contribution in [1.82, 2.24) is 15.1 Å². The highest BCUT2D eigenvalue weighted by atomic mass is 16.3. The van der Waals surface area contributed by atoms with Gasteiger partial charge in [-0.25, -0.2) is 0 Å². The van der Waals surface area contributed by atoms with Gasteiger partial charge in [0, 0.05) is 24.7 Å². The van der Waals surface area contributed by atoms with E-state index < -0.39 is 0 Å². The maximum absolute atomic E-state index is 5.74. The molecule has 0 aromatic carbocycles. The van der Waals surface area contributed by atoms with Crippen LogP contribution in [0.1, 0.15) is 38.0 Å². The van der Waals surface area contributed by atoms with Gasteiger partial charge in [0.2, 0.25) is 0 Å². The van der Waals surface area contributed by atoms with Crippen molar-refractivity contribution in [3.05, 3.63) is 23.7 Å². The zero-order valence-electron chi connectivity index (χ0n) is 14.1. The van der Waals surface area contributed by atoms with E-state index in [0.29, 0.717) is 12.0 Å². The number of likely N-dealkylation sites (tertiary alicyclic amines) is 1. The zero-order valence-corrected chi connectivity index (χ0v) is 14.1. The van der Waals surface area contributed by atoms with Crippen LogP contribution in [0.2, 0.25) is 0 Å². The standard InChI is InChI=1S/C17H31N3O/c1-14(2)9-18-10-15-8-17(21-13-15)12-20-7-5-6-16(20)11-19(3)4/h8,13-14,16,18H,5-7,9-12H2,1-4H3. The molecular formula is C17H31N3O. The van der Waals surface area contributed by atoms with E-state index in [4.69, 9.17) is 4.42 Å². The molecule has 120 valence electrons. The van der Waals surface area contributed by atoms with Crippen LogP contribution in [0.15, 0.2) is 16.7 Å². The largest absolute Gasteiger partial charge is 0.468 e. The highest BCUT2D eigenvalue weighted by Crippen LogP contribution is 2.21. The molecule has 0 saturated carbocycles. The molecule has 4 nitrogen and oxygen atoms in total. The molecule has 0 spiro atoms. The van der Waals surface area contributed by atoms with Gasteiger partial charge in [-0.3, -0.25) is 4.90 Å². The lowest BCUT2D eigenvalue weighted by atomic mass is 10.2. The summed E-state index contributed by atoms with van der Waals surface area (Å²) in [5, 5.41) is 3.46. The number of furan rings is 1. The maximum atomic E-state index is 5.74. The molecule has 0 amide bonds. The van der Waals surface area contributed by atoms with Crippen LogP contribution in [0.5, 0.6) is 0 Å². The predicted molar refractivity (Wildman–Crippen MR) is 87.2 cm³/mol. The molecule has 1 unspecified atom stereocenters. The van der Waals surface area contributed by atoms with Crippen molar-refractivity contribution in [2.75, 3.05) is 33.7 Å². The molecule has 1 aromatic rings. The zero-order chi connectivity index (χ0) is 15.2. The molecule has 1 aliphatic rings. The second-order valence-corrected chi connectivity index (χ2v) is 6.97. The van der Waals surface area contributed by atoms with Crippen LogP contribution in [0.4, 0.5) is 0 Å². The molecule has 1 fully saturated rings. The van der Waals surface area contributed by atoms with Gasteiger partial charge in [-0.1, -0.05) is 13.8 Å². The van der Waals surface area contributed by atoms with Gasteiger partial charge < -0.3 is 14.6 Å². The van der Waals surface area contributed by atoms with Crippen molar-refractivity contribution in [2.45, 2.75) is 45.8 Å². The molecule has 1 aliphatic heterocycles. The van der Waals surface area contributed by atoms with E-state index in [1.54, 1.807) is 0 Å². The molecule has 1 saturated heterocycles. The Balaban J connectivity index is 1.81. The normalized spacial score (nSPS) is 20.0. The van der Waals surface area contributed by atoms with Crippen LogP contribution in [0.25, 0.3) is 0 Å². The van der Waals surface area contributed by atoms with E-state index in [1.807, 2.05) is 6.26 Å². The summed E-state index contributed by atoms with van der Waals surface area (Å²) in [6.07, 6.45) is 4.52. The topological polar surface area (TPSA) is 31.7 Å². The number of nitrogens with one attached hydrogen (secondary N) is 1. The first-order valence-corrected chi connectivity index (χ1v) is 8.20. The van der Waals surface area contributed by atoms with Gasteiger partial charge in [-0.05, 0) is 52.0 Å². The van der Waals surface area contributed by atoms with E-state index in [9.17, 15) is 0 Å². The minimum absolute atomic E-state index is 0.674. The van der Waals surface area contributed by atoms with Gasteiger partial charge in [-0.15, -0.1) is 0 Å². The second kappa shape index (κ2) is 7.97. The fourth-order valence-corrected chi connectivity index (χ4v) is 3.04. The molecule has 0 bridgehead atoms. The van der Waals surface area contributed by atoms with Crippen LogP contribution in [0, 0.1) is 5.92 Å².